The minimum atomic E-state index is -4.61. The number of hydrogen-bond donors (Lipinski definition) is 0. The van der Waals surface area contributed by atoms with Gasteiger partial charge in [-0.15, -0.1) is 10.2 Å². The van der Waals surface area contributed by atoms with Crippen LogP contribution in [0.25, 0.3) is 0 Å². The first-order chi connectivity index (χ1) is 8.79. The molecule has 0 aromatic carbocycles. The molecule has 1 aromatic heterocycles. The van der Waals surface area contributed by atoms with Gasteiger partial charge in [-0.2, -0.15) is 13.2 Å². The summed E-state index contributed by atoms with van der Waals surface area (Å²) >= 11 is 0. The van der Waals surface area contributed by atoms with Crippen molar-refractivity contribution in [1.82, 2.24) is 19.7 Å². The van der Waals surface area contributed by atoms with E-state index in [-0.39, 0.29) is 25.5 Å². The molecular formula is C8H8F3N5O3. The zero-order valence-electron chi connectivity index (χ0n) is 9.42. The largest absolute Gasteiger partial charge is 0.451 e. The van der Waals surface area contributed by atoms with Crippen molar-refractivity contribution in [3.8, 4) is 0 Å². The fraction of sp³-hybridized carbons (Fsp3) is 0.625. The summed E-state index contributed by atoms with van der Waals surface area (Å²) in [7, 11) is 0. The Morgan fingerprint density at radius 1 is 1.37 bits per heavy atom. The van der Waals surface area contributed by atoms with E-state index in [1.165, 1.54) is 0 Å². The second kappa shape index (κ2) is 4.48. The number of fused-ring (bicyclic) bond motifs is 1. The van der Waals surface area contributed by atoms with E-state index in [9.17, 15) is 28.1 Å². The molecule has 0 bridgehead atoms. The number of nitro groups is 1. The SMILES string of the molecule is O=C(C[N+](=O)[O-])N1CCn2c(nnc2C(F)(F)F)C1. The summed E-state index contributed by atoms with van der Waals surface area (Å²) < 4.78 is 38.5. The summed E-state index contributed by atoms with van der Waals surface area (Å²) in [6, 6.07) is 0. The van der Waals surface area contributed by atoms with Gasteiger partial charge in [0.2, 0.25) is 5.82 Å². The molecule has 1 aliphatic heterocycles. The number of halogens is 3. The molecular weight excluding hydrogens is 271 g/mol. The lowest BCUT2D eigenvalue weighted by molar-refractivity contribution is -0.469. The third-order valence-corrected chi connectivity index (χ3v) is 2.62. The Kier molecular flexibility index (Phi) is 3.12. The Morgan fingerprint density at radius 3 is 2.63 bits per heavy atom. The van der Waals surface area contributed by atoms with Crippen LogP contribution in [0.2, 0.25) is 0 Å². The van der Waals surface area contributed by atoms with Gasteiger partial charge in [0.05, 0.1) is 6.54 Å². The van der Waals surface area contributed by atoms with Gasteiger partial charge in [0.25, 0.3) is 12.5 Å². The van der Waals surface area contributed by atoms with Gasteiger partial charge >= 0.3 is 6.18 Å². The summed E-state index contributed by atoms with van der Waals surface area (Å²) in [6.45, 7) is -1.28. The number of carbonyl (C=O) groups excluding carboxylic acids is 1. The van der Waals surface area contributed by atoms with E-state index in [1.54, 1.807) is 0 Å². The topological polar surface area (TPSA) is 94.2 Å². The van der Waals surface area contributed by atoms with E-state index in [1.807, 2.05) is 0 Å². The maximum absolute atomic E-state index is 12.5. The summed E-state index contributed by atoms with van der Waals surface area (Å²) in [4.78, 5) is 21.9. The van der Waals surface area contributed by atoms with Crippen molar-refractivity contribution in [2.24, 2.45) is 0 Å². The van der Waals surface area contributed by atoms with Gasteiger partial charge in [-0.05, 0) is 0 Å². The number of carbonyl (C=O) groups is 1. The molecule has 0 saturated heterocycles. The van der Waals surface area contributed by atoms with E-state index < -0.39 is 29.4 Å². The van der Waals surface area contributed by atoms with E-state index in [0.29, 0.717) is 0 Å². The van der Waals surface area contributed by atoms with E-state index >= 15 is 0 Å². The van der Waals surface area contributed by atoms with E-state index in [0.717, 1.165) is 9.47 Å². The first-order valence-electron chi connectivity index (χ1n) is 5.18. The summed E-state index contributed by atoms with van der Waals surface area (Å²) in [6.07, 6.45) is -4.61. The zero-order chi connectivity index (χ0) is 14.2. The van der Waals surface area contributed by atoms with E-state index in [4.69, 9.17) is 0 Å². The van der Waals surface area contributed by atoms with Crippen molar-refractivity contribution < 1.29 is 22.9 Å². The van der Waals surface area contributed by atoms with Crippen molar-refractivity contribution in [3.63, 3.8) is 0 Å². The predicted octanol–water partition coefficient (Wildman–Crippen LogP) is -0.0842. The molecule has 0 saturated carbocycles. The molecule has 104 valence electrons. The van der Waals surface area contributed by atoms with Crippen molar-refractivity contribution in [3.05, 3.63) is 21.8 Å². The van der Waals surface area contributed by atoms with Gasteiger partial charge in [-0.3, -0.25) is 14.9 Å². The third-order valence-electron chi connectivity index (χ3n) is 2.62. The van der Waals surface area contributed by atoms with Crippen LogP contribution in [0.3, 0.4) is 0 Å². The highest BCUT2D eigenvalue weighted by Gasteiger charge is 2.40. The smallest absolute Gasteiger partial charge is 0.328 e. The molecule has 19 heavy (non-hydrogen) atoms. The van der Waals surface area contributed by atoms with Crippen LogP contribution in [0.5, 0.6) is 0 Å². The lowest BCUT2D eigenvalue weighted by Crippen LogP contribution is -2.41. The molecule has 0 aliphatic carbocycles. The maximum atomic E-state index is 12.5. The average molecular weight is 279 g/mol. The quantitative estimate of drug-likeness (QED) is 0.557. The highest BCUT2D eigenvalue weighted by atomic mass is 19.4. The highest BCUT2D eigenvalue weighted by Crippen LogP contribution is 2.29. The molecule has 11 heteroatoms. The van der Waals surface area contributed by atoms with Crippen LogP contribution >= 0.6 is 0 Å². The molecule has 0 unspecified atom stereocenters. The van der Waals surface area contributed by atoms with Crippen LogP contribution in [0.15, 0.2) is 0 Å². The first-order valence-corrected chi connectivity index (χ1v) is 5.18. The second-order valence-electron chi connectivity index (χ2n) is 3.90. The number of alkyl halides is 3. The highest BCUT2D eigenvalue weighted by molar-refractivity contribution is 5.77. The number of aromatic nitrogens is 3. The van der Waals surface area contributed by atoms with Gasteiger partial charge in [-0.1, -0.05) is 0 Å². The molecule has 0 N–H and O–H groups in total. The van der Waals surface area contributed by atoms with Crippen molar-refractivity contribution in [2.75, 3.05) is 13.1 Å². The summed E-state index contributed by atoms with van der Waals surface area (Å²) in [5.41, 5.74) is 0. The Hall–Kier alpha value is -2.20. The maximum Gasteiger partial charge on any atom is 0.451 e. The number of nitrogens with zero attached hydrogens (tertiary/aromatic N) is 5. The number of rotatable bonds is 2. The Labute approximate surface area is 104 Å². The molecule has 8 nitrogen and oxygen atoms in total. The lowest BCUT2D eigenvalue weighted by atomic mass is 10.3. The van der Waals surface area contributed by atoms with Crippen molar-refractivity contribution in [1.29, 1.82) is 0 Å². The molecule has 2 rings (SSSR count). The normalized spacial score (nSPS) is 15.2. The average Bonchev–Trinajstić information content (AvgIpc) is 2.69. The first kappa shape index (κ1) is 13.2. The van der Waals surface area contributed by atoms with Gasteiger partial charge < -0.3 is 9.47 Å². The predicted molar refractivity (Wildman–Crippen MR) is 52.3 cm³/mol. The van der Waals surface area contributed by atoms with Crippen LogP contribution in [0.4, 0.5) is 13.2 Å². The Balaban J connectivity index is 2.16. The van der Waals surface area contributed by atoms with Crippen LogP contribution in [0, 0.1) is 10.1 Å². The van der Waals surface area contributed by atoms with E-state index in [2.05, 4.69) is 10.2 Å². The molecule has 0 fully saturated rings. The van der Waals surface area contributed by atoms with Crippen LogP contribution in [-0.2, 0) is 24.1 Å². The molecule has 2 heterocycles. The second-order valence-corrected chi connectivity index (χ2v) is 3.90. The number of amides is 1. The third kappa shape index (κ3) is 2.63. The van der Waals surface area contributed by atoms with Crippen molar-refractivity contribution >= 4 is 5.91 Å². The van der Waals surface area contributed by atoms with Gasteiger partial charge in [0.15, 0.2) is 5.82 Å². The Morgan fingerprint density at radius 2 is 2.05 bits per heavy atom. The fourth-order valence-electron chi connectivity index (χ4n) is 1.79. The van der Waals surface area contributed by atoms with Crippen LogP contribution in [0.1, 0.15) is 11.6 Å². The number of hydrogen-bond acceptors (Lipinski definition) is 5. The molecule has 0 atom stereocenters. The minimum absolute atomic E-state index is 0.0322. The Bertz CT molecular complexity index is 526. The molecule has 0 spiro atoms. The standard InChI is InChI=1S/C8H8F3N5O3/c9-8(10,11)7-13-12-5-3-14(1-2-15(5)7)6(17)4-16(18)19/h1-4H2. The zero-order valence-corrected chi connectivity index (χ0v) is 9.42. The van der Waals surface area contributed by atoms with Gasteiger partial charge in [0, 0.05) is 18.0 Å². The van der Waals surface area contributed by atoms with Crippen LogP contribution < -0.4 is 0 Å². The lowest BCUT2D eigenvalue weighted by Gasteiger charge is -2.26. The molecule has 1 amide bonds. The summed E-state index contributed by atoms with van der Waals surface area (Å²) in [5, 5.41) is 16.6. The molecule has 1 aromatic rings. The molecule has 1 aliphatic rings. The molecule has 0 radical (unpaired) electrons. The minimum Gasteiger partial charge on any atom is -0.328 e. The van der Waals surface area contributed by atoms with Crippen molar-refractivity contribution in [2.45, 2.75) is 19.3 Å². The summed E-state index contributed by atoms with van der Waals surface area (Å²) in [5.74, 6) is -1.91. The fourth-order valence-corrected chi connectivity index (χ4v) is 1.79. The van der Waals surface area contributed by atoms with Gasteiger partial charge in [-0.25, -0.2) is 0 Å². The van der Waals surface area contributed by atoms with Crippen LogP contribution in [-0.4, -0.2) is 43.6 Å². The monoisotopic (exact) mass is 279 g/mol. The van der Waals surface area contributed by atoms with Gasteiger partial charge in [0.1, 0.15) is 0 Å².